The van der Waals surface area contributed by atoms with Crippen molar-refractivity contribution in [2.75, 3.05) is 25.4 Å². The Kier molecular flexibility index (Phi) is 9.30. The van der Waals surface area contributed by atoms with E-state index in [9.17, 15) is 8.42 Å². The summed E-state index contributed by atoms with van der Waals surface area (Å²) in [5.74, 6) is 0.228. The Morgan fingerprint density at radius 3 is 2.43 bits per heavy atom. The molecule has 0 aliphatic rings. The molecule has 0 aromatic heterocycles. The van der Waals surface area contributed by atoms with Gasteiger partial charge in [-0.3, -0.25) is 0 Å². The van der Waals surface area contributed by atoms with Gasteiger partial charge in [-0.15, -0.1) is 0 Å². The molecule has 1 aromatic rings. The van der Waals surface area contributed by atoms with Gasteiger partial charge in [-0.05, 0) is 50.8 Å². The zero-order valence-electron chi connectivity index (χ0n) is 13.0. The highest BCUT2D eigenvalue weighted by molar-refractivity contribution is 7.89. The monoisotopic (exact) mass is 312 g/mol. The van der Waals surface area contributed by atoms with Gasteiger partial charge in [0.15, 0.2) is 0 Å². The fourth-order valence-electron chi connectivity index (χ4n) is 2.08. The SMILES string of the molecule is CCCNCCCCS(=O)(=O)NCCCc1ccccc1. The van der Waals surface area contributed by atoms with Crippen molar-refractivity contribution in [1.29, 1.82) is 0 Å². The highest BCUT2D eigenvalue weighted by atomic mass is 32.2. The van der Waals surface area contributed by atoms with Crippen LogP contribution in [-0.4, -0.2) is 33.8 Å². The molecule has 1 aromatic carbocycles. The maximum Gasteiger partial charge on any atom is 0.211 e. The molecule has 0 fully saturated rings. The van der Waals surface area contributed by atoms with Crippen LogP contribution in [0.3, 0.4) is 0 Å². The third kappa shape index (κ3) is 9.61. The molecule has 0 aliphatic heterocycles. The lowest BCUT2D eigenvalue weighted by molar-refractivity contribution is 0.570. The number of unbranched alkanes of at least 4 members (excludes halogenated alkanes) is 1. The van der Waals surface area contributed by atoms with Gasteiger partial charge in [0.05, 0.1) is 5.75 Å². The summed E-state index contributed by atoms with van der Waals surface area (Å²) >= 11 is 0. The lowest BCUT2D eigenvalue weighted by Gasteiger charge is -2.07. The van der Waals surface area contributed by atoms with Crippen molar-refractivity contribution < 1.29 is 8.42 Å². The van der Waals surface area contributed by atoms with Gasteiger partial charge in [0.2, 0.25) is 10.0 Å². The van der Waals surface area contributed by atoms with E-state index in [0.29, 0.717) is 13.0 Å². The van der Waals surface area contributed by atoms with Crippen LogP contribution in [0.1, 0.15) is 38.2 Å². The molecule has 2 N–H and O–H groups in total. The molecule has 21 heavy (non-hydrogen) atoms. The van der Waals surface area contributed by atoms with Crippen LogP contribution in [0.2, 0.25) is 0 Å². The Bertz CT molecular complexity index is 460. The molecule has 0 heterocycles. The van der Waals surface area contributed by atoms with Gasteiger partial charge in [-0.2, -0.15) is 0 Å². The van der Waals surface area contributed by atoms with Crippen molar-refractivity contribution in [3.8, 4) is 0 Å². The van der Waals surface area contributed by atoms with E-state index in [4.69, 9.17) is 0 Å². The highest BCUT2D eigenvalue weighted by Crippen LogP contribution is 2.02. The zero-order chi connectivity index (χ0) is 15.4. The fraction of sp³-hybridized carbons (Fsp3) is 0.625. The van der Waals surface area contributed by atoms with Crippen molar-refractivity contribution in [1.82, 2.24) is 10.0 Å². The van der Waals surface area contributed by atoms with Crippen LogP contribution < -0.4 is 10.0 Å². The summed E-state index contributed by atoms with van der Waals surface area (Å²) in [6.07, 6.45) is 4.47. The number of rotatable bonds is 12. The largest absolute Gasteiger partial charge is 0.317 e. The molecule has 0 saturated heterocycles. The van der Waals surface area contributed by atoms with Crippen LogP contribution in [-0.2, 0) is 16.4 Å². The van der Waals surface area contributed by atoms with Gasteiger partial charge < -0.3 is 5.32 Å². The summed E-state index contributed by atoms with van der Waals surface area (Å²) in [6.45, 7) is 4.55. The maximum absolute atomic E-state index is 11.8. The van der Waals surface area contributed by atoms with E-state index in [-0.39, 0.29) is 5.75 Å². The topological polar surface area (TPSA) is 58.2 Å². The molecule has 120 valence electrons. The van der Waals surface area contributed by atoms with Gasteiger partial charge in [0, 0.05) is 6.54 Å². The lowest BCUT2D eigenvalue weighted by atomic mass is 10.1. The first-order valence-electron chi connectivity index (χ1n) is 7.86. The van der Waals surface area contributed by atoms with E-state index in [1.54, 1.807) is 0 Å². The van der Waals surface area contributed by atoms with E-state index < -0.39 is 10.0 Å². The van der Waals surface area contributed by atoms with E-state index in [1.165, 1.54) is 5.56 Å². The molecule has 0 bridgehead atoms. The molecular formula is C16H28N2O2S. The quantitative estimate of drug-likeness (QED) is 0.582. The fourth-order valence-corrected chi connectivity index (χ4v) is 3.26. The van der Waals surface area contributed by atoms with Gasteiger partial charge in [-0.25, -0.2) is 13.1 Å². The zero-order valence-corrected chi connectivity index (χ0v) is 13.8. The smallest absolute Gasteiger partial charge is 0.211 e. The summed E-state index contributed by atoms with van der Waals surface area (Å²) in [5, 5.41) is 3.28. The first-order valence-corrected chi connectivity index (χ1v) is 9.51. The van der Waals surface area contributed by atoms with Crippen LogP contribution in [0.15, 0.2) is 30.3 Å². The maximum atomic E-state index is 11.8. The minimum Gasteiger partial charge on any atom is -0.317 e. The number of hydrogen-bond donors (Lipinski definition) is 2. The molecule has 4 nitrogen and oxygen atoms in total. The molecule has 0 unspecified atom stereocenters. The summed E-state index contributed by atoms with van der Waals surface area (Å²) in [6, 6.07) is 10.1. The minimum absolute atomic E-state index is 0.228. The van der Waals surface area contributed by atoms with Crippen molar-refractivity contribution in [2.24, 2.45) is 0 Å². The van der Waals surface area contributed by atoms with Gasteiger partial charge in [0.25, 0.3) is 0 Å². The van der Waals surface area contributed by atoms with Crippen molar-refractivity contribution in [3.05, 3.63) is 35.9 Å². The average molecular weight is 312 g/mol. The van der Waals surface area contributed by atoms with E-state index >= 15 is 0 Å². The normalized spacial score (nSPS) is 11.7. The van der Waals surface area contributed by atoms with Crippen LogP contribution >= 0.6 is 0 Å². The molecule has 1 rings (SSSR count). The Morgan fingerprint density at radius 1 is 0.952 bits per heavy atom. The average Bonchev–Trinajstić information content (AvgIpc) is 2.48. The molecule has 5 heteroatoms. The van der Waals surface area contributed by atoms with Crippen molar-refractivity contribution in [3.63, 3.8) is 0 Å². The molecule has 0 spiro atoms. The second-order valence-electron chi connectivity index (χ2n) is 5.26. The first kappa shape index (κ1) is 18.1. The van der Waals surface area contributed by atoms with Gasteiger partial charge in [-0.1, -0.05) is 37.3 Å². The van der Waals surface area contributed by atoms with Gasteiger partial charge in [0.1, 0.15) is 0 Å². The van der Waals surface area contributed by atoms with Crippen molar-refractivity contribution in [2.45, 2.75) is 39.0 Å². The van der Waals surface area contributed by atoms with Crippen molar-refractivity contribution >= 4 is 10.0 Å². The minimum atomic E-state index is -3.11. The molecular weight excluding hydrogens is 284 g/mol. The molecule has 0 amide bonds. The van der Waals surface area contributed by atoms with Crippen LogP contribution in [0, 0.1) is 0 Å². The number of hydrogen-bond acceptors (Lipinski definition) is 3. The predicted octanol–water partition coefficient (Wildman–Crippen LogP) is 2.32. The van der Waals surface area contributed by atoms with Crippen LogP contribution in [0.25, 0.3) is 0 Å². The summed E-state index contributed by atoms with van der Waals surface area (Å²) < 4.78 is 26.3. The molecule has 0 aliphatic carbocycles. The predicted molar refractivity (Wildman–Crippen MR) is 88.9 cm³/mol. The summed E-state index contributed by atoms with van der Waals surface area (Å²) in [4.78, 5) is 0. The Hall–Kier alpha value is -0.910. The van der Waals surface area contributed by atoms with E-state index in [0.717, 1.165) is 38.8 Å². The molecule has 0 radical (unpaired) electrons. The number of benzene rings is 1. The van der Waals surface area contributed by atoms with Crippen LogP contribution in [0.4, 0.5) is 0 Å². The second-order valence-corrected chi connectivity index (χ2v) is 7.19. The Morgan fingerprint density at radius 2 is 1.71 bits per heavy atom. The van der Waals surface area contributed by atoms with E-state index in [2.05, 4.69) is 29.1 Å². The summed E-state index contributed by atoms with van der Waals surface area (Å²) in [7, 11) is -3.11. The van der Waals surface area contributed by atoms with E-state index in [1.807, 2.05) is 18.2 Å². The number of aryl methyl sites for hydroxylation is 1. The Labute approximate surface area is 129 Å². The standard InChI is InChI=1S/C16H28N2O2S/c1-2-12-17-13-6-7-15-21(19,20)18-14-8-11-16-9-4-3-5-10-16/h3-5,9-10,17-18H,2,6-8,11-15H2,1H3. The highest BCUT2D eigenvalue weighted by Gasteiger charge is 2.08. The third-order valence-electron chi connectivity index (χ3n) is 3.25. The number of nitrogens with one attached hydrogen (secondary N) is 2. The molecule has 0 atom stereocenters. The number of sulfonamides is 1. The Balaban J connectivity index is 2.07. The van der Waals surface area contributed by atoms with Crippen LogP contribution in [0.5, 0.6) is 0 Å². The van der Waals surface area contributed by atoms with Gasteiger partial charge >= 0.3 is 0 Å². The second kappa shape index (κ2) is 10.8. The third-order valence-corrected chi connectivity index (χ3v) is 4.72. The molecule has 0 saturated carbocycles. The first-order chi connectivity index (χ1) is 10.1. The lowest BCUT2D eigenvalue weighted by Crippen LogP contribution is -2.28. The summed E-state index contributed by atoms with van der Waals surface area (Å²) in [5.41, 5.74) is 1.25.